The van der Waals surface area contributed by atoms with Crippen LogP contribution in [0.25, 0.3) is 6.08 Å². The van der Waals surface area contributed by atoms with Crippen LogP contribution in [0.3, 0.4) is 0 Å². The number of rotatable bonds is 3. The lowest BCUT2D eigenvalue weighted by atomic mass is 9.85. The van der Waals surface area contributed by atoms with Crippen molar-refractivity contribution >= 4 is 27.6 Å². The molecule has 1 fully saturated rings. The lowest BCUT2D eigenvalue weighted by Gasteiger charge is -2.28. The summed E-state index contributed by atoms with van der Waals surface area (Å²) in [7, 11) is -1.89. The number of aromatic nitrogens is 2. The zero-order chi connectivity index (χ0) is 22.6. The number of hydrogen-bond acceptors (Lipinski definition) is 7. The second kappa shape index (κ2) is 7.62. The second-order valence-electron chi connectivity index (χ2n) is 8.66. The van der Waals surface area contributed by atoms with Gasteiger partial charge in [-0.2, -0.15) is 14.7 Å². The molecule has 0 bridgehead atoms. The van der Waals surface area contributed by atoms with E-state index in [1.54, 1.807) is 25.4 Å². The van der Waals surface area contributed by atoms with E-state index in [1.165, 1.54) is 4.31 Å². The fourth-order valence-electron chi connectivity index (χ4n) is 4.98. The standard InChI is InChI=1S/C22H26N6O3S/c1-13-16-11-15(7-8-19(16)32(30,31)27(13)2)25-21-20-18(9-10-24-22(20)29)28(26-21)17-6-4-3-5-14(17)12-23/h7-11,13-14,17,22,24,29H,3-6H2,1-2H3,(H,25,26)/t13?,14-,17+,22?/m1/s1. The van der Waals surface area contributed by atoms with Crippen LogP contribution in [-0.4, -0.2) is 34.7 Å². The summed E-state index contributed by atoms with van der Waals surface area (Å²) in [5.41, 5.74) is 2.81. The first-order valence-electron chi connectivity index (χ1n) is 10.8. The molecule has 0 radical (unpaired) electrons. The van der Waals surface area contributed by atoms with Crippen LogP contribution < -0.4 is 10.6 Å². The predicted octanol–water partition coefficient (Wildman–Crippen LogP) is 3.14. The van der Waals surface area contributed by atoms with Crippen LogP contribution >= 0.6 is 0 Å². The zero-order valence-electron chi connectivity index (χ0n) is 18.0. The van der Waals surface area contributed by atoms with Gasteiger partial charge in [0.25, 0.3) is 0 Å². The van der Waals surface area contributed by atoms with Crippen LogP contribution in [0, 0.1) is 17.2 Å². The van der Waals surface area contributed by atoms with Crippen molar-refractivity contribution in [1.82, 2.24) is 19.4 Å². The Balaban J connectivity index is 1.55. The van der Waals surface area contributed by atoms with Crippen molar-refractivity contribution < 1.29 is 13.5 Å². The Morgan fingerprint density at radius 1 is 1.31 bits per heavy atom. The first-order valence-corrected chi connectivity index (χ1v) is 12.3. The highest BCUT2D eigenvalue weighted by atomic mass is 32.2. The van der Waals surface area contributed by atoms with Gasteiger partial charge in [-0.15, -0.1) is 0 Å². The normalized spacial score (nSPS) is 28.4. The fourth-order valence-corrected chi connectivity index (χ4v) is 6.59. The van der Waals surface area contributed by atoms with Crippen LogP contribution in [-0.2, 0) is 10.0 Å². The van der Waals surface area contributed by atoms with Gasteiger partial charge in [0.15, 0.2) is 12.0 Å². The first kappa shape index (κ1) is 21.0. The molecule has 3 N–H and O–H groups in total. The summed E-state index contributed by atoms with van der Waals surface area (Å²) >= 11 is 0. The van der Waals surface area contributed by atoms with Gasteiger partial charge in [-0.25, -0.2) is 8.42 Å². The summed E-state index contributed by atoms with van der Waals surface area (Å²) in [4.78, 5) is 0.314. The Hall–Kier alpha value is -2.87. The minimum absolute atomic E-state index is 0.0492. The van der Waals surface area contributed by atoms with Gasteiger partial charge in [-0.05, 0) is 49.6 Å². The van der Waals surface area contributed by atoms with Crippen molar-refractivity contribution in [3.8, 4) is 6.07 Å². The van der Waals surface area contributed by atoms with Crippen molar-refractivity contribution in [2.45, 2.75) is 55.8 Å². The van der Waals surface area contributed by atoms with E-state index in [-0.39, 0.29) is 18.0 Å². The summed E-state index contributed by atoms with van der Waals surface area (Å²) in [5, 5.41) is 31.3. The smallest absolute Gasteiger partial charge is 0.243 e. The number of aliphatic hydroxyl groups excluding tert-OH is 1. The largest absolute Gasteiger partial charge is 0.369 e. The van der Waals surface area contributed by atoms with E-state index < -0.39 is 16.3 Å². The van der Waals surface area contributed by atoms with E-state index >= 15 is 0 Å². The minimum atomic E-state index is -3.47. The molecule has 2 aliphatic heterocycles. The van der Waals surface area contributed by atoms with Crippen LogP contribution in [0.2, 0.25) is 0 Å². The van der Waals surface area contributed by atoms with E-state index in [0.717, 1.165) is 36.9 Å². The van der Waals surface area contributed by atoms with Gasteiger partial charge in [0.05, 0.1) is 34.2 Å². The zero-order valence-corrected chi connectivity index (χ0v) is 18.8. The van der Waals surface area contributed by atoms with Gasteiger partial charge in [0.1, 0.15) is 0 Å². The number of nitriles is 1. The molecule has 4 atom stereocenters. The van der Waals surface area contributed by atoms with E-state index in [9.17, 15) is 18.8 Å². The number of hydrogen-bond donors (Lipinski definition) is 3. The number of benzene rings is 1. The maximum Gasteiger partial charge on any atom is 0.243 e. The van der Waals surface area contributed by atoms with Crippen LogP contribution in [0.1, 0.15) is 67.7 Å². The summed E-state index contributed by atoms with van der Waals surface area (Å²) < 4.78 is 28.3. The van der Waals surface area contributed by atoms with E-state index in [4.69, 9.17) is 5.10 Å². The maximum absolute atomic E-state index is 12.6. The summed E-state index contributed by atoms with van der Waals surface area (Å²) in [6.07, 6.45) is 6.41. The third-order valence-electron chi connectivity index (χ3n) is 6.89. The van der Waals surface area contributed by atoms with E-state index in [0.29, 0.717) is 22.0 Å². The Morgan fingerprint density at radius 3 is 2.88 bits per heavy atom. The Bertz CT molecular complexity index is 1250. The quantitative estimate of drug-likeness (QED) is 0.651. The number of sulfonamides is 1. The van der Waals surface area contributed by atoms with Gasteiger partial charge in [0.2, 0.25) is 10.0 Å². The molecule has 9 nitrogen and oxygen atoms in total. The summed E-state index contributed by atoms with van der Waals surface area (Å²) in [6, 6.07) is 7.26. The highest BCUT2D eigenvalue weighted by Gasteiger charge is 2.38. The average molecular weight is 455 g/mol. The van der Waals surface area contributed by atoms with Crippen molar-refractivity contribution in [1.29, 1.82) is 5.26 Å². The molecule has 1 aliphatic carbocycles. The van der Waals surface area contributed by atoms with Crippen molar-refractivity contribution in [2.75, 3.05) is 12.4 Å². The number of nitrogens with zero attached hydrogens (tertiary/aromatic N) is 4. The van der Waals surface area contributed by atoms with Crippen molar-refractivity contribution in [3.63, 3.8) is 0 Å². The first-order chi connectivity index (χ1) is 15.3. The van der Waals surface area contributed by atoms with Gasteiger partial charge in [-0.3, -0.25) is 4.68 Å². The molecule has 2 unspecified atom stereocenters. The van der Waals surface area contributed by atoms with Crippen LogP contribution in [0.15, 0.2) is 29.3 Å². The SMILES string of the molecule is CC1c2cc(Nc3nn([C@H]4CCCC[C@@H]4C#N)c4c3C(O)NC=C4)ccc2S(=O)(=O)N1C. The molecule has 3 aliphatic rings. The molecule has 1 saturated carbocycles. The van der Waals surface area contributed by atoms with Gasteiger partial charge in [-0.1, -0.05) is 12.8 Å². The molecule has 1 aromatic carbocycles. The van der Waals surface area contributed by atoms with Gasteiger partial charge in [0, 0.05) is 25.0 Å². The third-order valence-corrected chi connectivity index (χ3v) is 8.89. The number of aliphatic hydroxyl groups is 1. The molecule has 32 heavy (non-hydrogen) atoms. The van der Waals surface area contributed by atoms with Gasteiger partial charge >= 0.3 is 0 Å². The number of anilines is 2. The summed E-state index contributed by atoms with van der Waals surface area (Å²) in [6.45, 7) is 1.85. The average Bonchev–Trinajstić information content (AvgIpc) is 3.24. The molecule has 5 rings (SSSR count). The molecule has 168 valence electrons. The van der Waals surface area contributed by atoms with E-state index in [2.05, 4.69) is 16.7 Å². The lowest BCUT2D eigenvalue weighted by Crippen LogP contribution is -2.25. The van der Waals surface area contributed by atoms with Crippen LogP contribution in [0.4, 0.5) is 11.5 Å². The highest BCUT2D eigenvalue weighted by Crippen LogP contribution is 2.41. The van der Waals surface area contributed by atoms with Gasteiger partial charge < -0.3 is 15.7 Å². The lowest BCUT2D eigenvalue weighted by molar-refractivity contribution is 0.154. The molecule has 10 heteroatoms. The number of fused-ring (bicyclic) bond motifs is 2. The predicted molar refractivity (Wildman–Crippen MR) is 119 cm³/mol. The van der Waals surface area contributed by atoms with Crippen molar-refractivity contribution in [3.05, 3.63) is 41.2 Å². The Labute approximate surface area is 187 Å². The fraction of sp³-hybridized carbons (Fsp3) is 0.455. The molecule has 2 aromatic rings. The molecule has 0 spiro atoms. The number of nitrogens with one attached hydrogen (secondary N) is 2. The summed E-state index contributed by atoms with van der Waals surface area (Å²) in [5.74, 6) is 0.371. The molecule has 1 aromatic heterocycles. The Kier molecular flexibility index (Phi) is 5.00. The topological polar surface area (TPSA) is 123 Å². The third kappa shape index (κ3) is 3.11. The maximum atomic E-state index is 12.6. The Morgan fingerprint density at radius 2 is 2.09 bits per heavy atom. The molecule has 3 heterocycles. The molecular formula is C22H26N6O3S. The molecular weight excluding hydrogens is 428 g/mol. The van der Waals surface area contributed by atoms with Crippen LogP contribution in [0.5, 0.6) is 0 Å². The highest BCUT2D eigenvalue weighted by molar-refractivity contribution is 7.89. The molecule has 0 amide bonds. The monoisotopic (exact) mass is 454 g/mol. The van der Waals surface area contributed by atoms with E-state index in [1.807, 2.05) is 23.7 Å². The minimum Gasteiger partial charge on any atom is -0.369 e. The second-order valence-corrected chi connectivity index (χ2v) is 10.6. The van der Waals surface area contributed by atoms with Crippen molar-refractivity contribution in [2.24, 2.45) is 5.92 Å². The molecule has 0 saturated heterocycles.